The fourth-order valence-corrected chi connectivity index (χ4v) is 1.19. The van der Waals surface area contributed by atoms with Crippen molar-refractivity contribution >= 4 is 5.82 Å². The van der Waals surface area contributed by atoms with Crippen LogP contribution in [0.4, 0.5) is 10.2 Å². The number of nitrogens with one attached hydrogen (secondary N) is 2. The van der Waals surface area contributed by atoms with Crippen molar-refractivity contribution in [2.75, 3.05) is 5.32 Å². The first-order valence-corrected chi connectivity index (χ1v) is 4.49. The number of hydrogen-bond acceptors (Lipinski definition) is 4. The molecule has 0 radical (unpaired) electrons. The van der Waals surface area contributed by atoms with Gasteiger partial charge in [0.05, 0.1) is 6.04 Å². The highest BCUT2D eigenvalue weighted by Crippen LogP contribution is 2.15. The largest absolute Gasteiger partial charge is 0.358 e. The molecule has 0 aliphatic rings. The molecule has 2 heterocycles. The van der Waals surface area contributed by atoms with Gasteiger partial charge in [-0.05, 0) is 19.1 Å². The van der Waals surface area contributed by atoms with Gasteiger partial charge in [-0.1, -0.05) is 0 Å². The minimum atomic E-state index is -0.385. The highest BCUT2D eigenvalue weighted by molar-refractivity contribution is 5.37. The zero-order valence-electron chi connectivity index (χ0n) is 8.11. The molecule has 2 rings (SSSR count). The first-order valence-electron chi connectivity index (χ1n) is 4.49. The lowest BCUT2D eigenvalue weighted by atomic mass is 10.3. The topological polar surface area (TPSA) is 66.5 Å². The molecule has 6 heteroatoms. The minimum Gasteiger partial charge on any atom is -0.358 e. The molecule has 15 heavy (non-hydrogen) atoms. The second-order valence-electron chi connectivity index (χ2n) is 3.07. The summed E-state index contributed by atoms with van der Waals surface area (Å²) < 4.78 is 13.2. The third-order valence-electron chi connectivity index (χ3n) is 1.96. The summed E-state index contributed by atoms with van der Waals surface area (Å²) in [5.41, 5.74) is 0. The lowest BCUT2D eigenvalue weighted by Gasteiger charge is -2.11. The quantitative estimate of drug-likeness (QED) is 0.800. The first-order chi connectivity index (χ1) is 7.27. The standard InChI is InChI=1S/C9H10FN5/c1-6(8-12-5-13-15-8)14-9-7(10)3-2-4-11-9/h2-6H,1H3,(H,11,14)(H,12,13,15). The van der Waals surface area contributed by atoms with Gasteiger partial charge in [0.2, 0.25) is 0 Å². The Balaban J connectivity index is 2.13. The molecule has 1 atom stereocenters. The van der Waals surface area contributed by atoms with E-state index in [2.05, 4.69) is 25.5 Å². The fourth-order valence-electron chi connectivity index (χ4n) is 1.19. The Hall–Kier alpha value is -1.98. The van der Waals surface area contributed by atoms with Crippen molar-refractivity contribution in [2.24, 2.45) is 0 Å². The molecule has 2 aromatic heterocycles. The second-order valence-corrected chi connectivity index (χ2v) is 3.07. The third-order valence-corrected chi connectivity index (χ3v) is 1.96. The SMILES string of the molecule is CC(Nc1ncccc1F)c1ncn[nH]1. The van der Waals surface area contributed by atoms with Crippen LogP contribution in [0.15, 0.2) is 24.7 Å². The Morgan fingerprint density at radius 2 is 2.33 bits per heavy atom. The highest BCUT2D eigenvalue weighted by Gasteiger charge is 2.10. The van der Waals surface area contributed by atoms with Crippen LogP contribution in [0.25, 0.3) is 0 Å². The van der Waals surface area contributed by atoms with Crippen molar-refractivity contribution in [3.05, 3.63) is 36.3 Å². The molecule has 2 N–H and O–H groups in total. The number of hydrogen-bond donors (Lipinski definition) is 2. The van der Waals surface area contributed by atoms with E-state index in [9.17, 15) is 4.39 Å². The number of anilines is 1. The van der Waals surface area contributed by atoms with Crippen LogP contribution in [0, 0.1) is 5.82 Å². The van der Waals surface area contributed by atoms with E-state index in [1.54, 1.807) is 6.07 Å². The maximum atomic E-state index is 13.2. The summed E-state index contributed by atoms with van der Waals surface area (Å²) >= 11 is 0. The van der Waals surface area contributed by atoms with Gasteiger partial charge < -0.3 is 5.32 Å². The maximum Gasteiger partial charge on any atom is 0.165 e. The molecule has 0 aromatic carbocycles. The van der Waals surface area contributed by atoms with Gasteiger partial charge >= 0.3 is 0 Å². The van der Waals surface area contributed by atoms with E-state index in [-0.39, 0.29) is 17.7 Å². The predicted octanol–water partition coefficient (Wildman–Crippen LogP) is 1.51. The Kier molecular flexibility index (Phi) is 2.57. The molecule has 2 aromatic rings. The molecule has 0 bridgehead atoms. The number of aromatic nitrogens is 4. The van der Waals surface area contributed by atoms with Crippen molar-refractivity contribution in [2.45, 2.75) is 13.0 Å². The van der Waals surface area contributed by atoms with Crippen LogP contribution >= 0.6 is 0 Å². The molecule has 0 aliphatic heterocycles. The molecule has 5 nitrogen and oxygen atoms in total. The fraction of sp³-hybridized carbons (Fsp3) is 0.222. The molecule has 0 amide bonds. The summed E-state index contributed by atoms with van der Waals surface area (Å²) in [4.78, 5) is 7.84. The molecule has 1 unspecified atom stereocenters. The van der Waals surface area contributed by atoms with Crippen molar-refractivity contribution in [3.63, 3.8) is 0 Å². The van der Waals surface area contributed by atoms with E-state index >= 15 is 0 Å². The maximum absolute atomic E-state index is 13.2. The van der Waals surface area contributed by atoms with Crippen molar-refractivity contribution in [1.82, 2.24) is 20.2 Å². The van der Waals surface area contributed by atoms with E-state index in [0.717, 1.165) is 0 Å². The zero-order valence-corrected chi connectivity index (χ0v) is 8.11. The van der Waals surface area contributed by atoms with Gasteiger partial charge in [-0.25, -0.2) is 14.4 Å². The van der Waals surface area contributed by atoms with E-state index in [1.165, 1.54) is 18.6 Å². The van der Waals surface area contributed by atoms with E-state index in [0.29, 0.717) is 5.82 Å². The van der Waals surface area contributed by atoms with Crippen molar-refractivity contribution < 1.29 is 4.39 Å². The van der Waals surface area contributed by atoms with Crippen LogP contribution in [-0.4, -0.2) is 20.2 Å². The smallest absolute Gasteiger partial charge is 0.165 e. The Labute approximate surface area is 85.8 Å². The van der Waals surface area contributed by atoms with Gasteiger partial charge in [-0.15, -0.1) is 0 Å². The molecule has 0 spiro atoms. The van der Waals surface area contributed by atoms with Crippen molar-refractivity contribution in [3.8, 4) is 0 Å². The lowest BCUT2D eigenvalue weighted by molar-refractivity contribution is 0.619. The summed E-state index contributed by atoms with van der Waals surface area (Å²) in [5.74, 6) is 0.463. The Morgan fingerprint density at radius 1 is 1.47 bits per heavy atom. The molecule has 0 aliphatic carbocycles. The summed E-state index contributed by atoms with van der Waals surface area (Å²) in [5, 5.41) is 9.31. The number of aromatic amines is 1. The van der Waals surface area contributed by atoms with Gasteiger partial charge in [-0.3, -0.25) is 5.10 Å². The zero-order chi connectivity index (χ0) is 10.7. The van der Waals surface area contributed by atoms with E-state index < -0.39 is 0 Å². The molecule has 78 valence electrons. The van der Waals surface area contributed by atoms with Gasteiger partial charge in [0, 0.05) is 6.20 Å². The van der Waals surface area contributed by atoms with Crippen LogP contribution in [-0.2, 0) is 0 Å². The minimum absolute atomic E-state index is 0.170. The van der Waals surface area contributed by atoms with E-state index in [1.807, 2.05) is 6.92 Å². The number of H-pyrrole nitrogens is 1. The number of pyridine rings is 1. The predicted molar refractivity (Wildman–Crippen MR) is 52.6 cm³/mol. The monoisotopic (exact) mass is 207 g/mol. The van der Waals surface area contributed by atoms with Gasteiger partial charge in [0.25, 0.3) is 0 Å². The third kappa shape index (κ3) is 2.09. The Morgan fingerprint density at radius 3 is 3.00 bits per heavy atom. The van der Waals surface area contributed by atoms with Crippen LogP contribution < -0.4 is 5.32 Å². The Bertz CT molecular complexity index is 428. The molecule has 0 fully saturated rings. The highest BCUT2D eigenvalue weighted by atomic mass is 19.1. The van der Waals surface area contributed by atoms with E-state index in [4.69, 9.17) is 0 Å². The second kappa shape index (κ2) is 4.04. The number of halogens is 1. The average molecular weight is 207 g/mol. The van der Waals surface area contributed by atoms with Crippen LogP contribution in [0.1, 0.15) is 18.8 Å². The molecular formula is C9H10FN5. The summed E-state index contributed by atoms with van der Waals surface area (Å²) in [6.45, 7) is 1.84. The van der Waals surface area contributed by atoms with Crippen LogP contribution in [0.5, 0.6) is 0 Å². The van der Waals surface area contributed by atoms with Crippen LogP contribution in [0.2, 0.25) is 0 Å². The molecule has 0 saturated carbocycles. The van der Waals surface area contributed by atoms with Gasteiger partial charge in [0.15, 0.2) is 11.6 Å². The first kappa shape index (κ1) is 9.57. The number of nitrogens with zero attached hydrogens (tertiary/aromatic N) is 3. The van der Waals surface area contributed by atoms with Gasteiger partial charge in [0.1, 0.15) is 12.2 Å². The molecular weight excluding hydrogens is 197 g/mol. The van der Waals surface area contributed by atoms with Crippen LogP contribution in [0.3, 0.4) is 0 Å². The summed E-state index contributed by atoms with van der Waals surface area (Å²) in [7, 11) is 0. The molecule has 0 saturated heterocycles. The summed E-state index contributed by atoms with van der Waals surface area (Å²) in [6, 6.07) is 2.72. The lowest BCUT2D eigenvalue weighted by Crippen LogP contribution is -2.10. The average Bonchev–Trinajstić information content (AvgIpc) is 2.74. The summed E-state index contributed by atoms with van der Waals surface area (Å²) in [6.07, 6.45) is 2.93. The van der Waals surface area contributed by atoms with Crippen molar-refractivity contribution in [1.29, 1.82) is 0 Å². The normalized spacial score (nSPS) is 12.4. The van der Waals surface area contributed by atoms with Gasteiger partial charge in [-0.2, -0.15) is 5.10 Å². The number of rotatable bonds is 3.